The predicted octanol–water partition coefficient (Wildman–Crippen LogP) is 2.12. The zero-order chi connectivity index (χ0) is 12.8. The van der Waals surface area contributed by atoms with E-state index in [0.29, 0.717) is 11.7 Å². The molecule has 1 aromatic heterocycles. The average molecular weight is 268 g/mol. The van der Waals surface area contributed by atoms with Crippen LogP contribution in [0.4, 0.5) is 0 Å². The summed E-state index contributed by atoms with van der Waals surface area (Å²) in [7, 11) is 0. The Morgan fingerprint density at radius 2 is 2.50 bits per heavy atom. The monoisotopic (exact) mass is 268 g/mol. The first-order chi connectivity index (χ1) is 8.79. The molecular weight excluding hydrogens is 248 g/mol. The van der Waals surface area contributed by atoms with Crippen LogP contribution in [0.15, 0.2) is 21.6 Å². The van der Waals surface area contributed by atoms with Crippen LogP contribution in [0.2, 0.25) is 0 Å². The van der Waals surface area contributed by atoms with Gasteiger partial charge in [0.05, 0.1) is 0 Å². The van der Waals surface area contributed by atoms with E-state index in [1.165, 1.54) is 24.6 Å². The van der Waals surface area contributed by atoms with Crippen LogP contribution in [0.1, 0.15) is 29.8 Å². The van der Waals surface area contributed by atoms with Crippen LogP contribution in [0.25, 0.3) is 0 Å². The Morgan fingerprint density at radius 1 is 1.61 bits per heavy atom. The van der Waals surface area contributed by atoms with Crippen molar-refractivity contribution in [3.05, 3.63) is 17.9 Å². The third kappa shape index (κ3) is 3.78. The summed E-state index contributed by atoms with van der Waals surface area (Å²) >= 11 is 1.50. The molecule has 0 aromatic carbocycles. The molecule has 0 radical (unpaired) electrons. The number of rotatable bonds is 5. The van der Waals surface area contributed by atoms with Crippen molar-refractivity contribution in [1.29, 1.82) is 0 Å². The lowest BCUT2D eigenvalue weighted by Gasteiger charge is -2.22. The van der Waals surface area contributed by atoms with E-state index in [1.54, 1.807) is 6.07 Å². The Morgan fingerprint density at radius 3 is 3.17 bits per heavy atom. The third-order valence-corrected chi connectivity index (χ3v) is 3.87. The molecule has 1 saturated heterocycles. The molecule has 2 rings (SSSR count). The Kier molecular flexibility index (Phi) is 5.13. The van der Waals surface area contributed by atoms with Crippen LogP contribution in [0.5, 0.6) is 0 Å². The summed E-state index contributed by atoms with van der Waals surface area (Å²) < 4.78 is 5.38. The van der Waals surface area contributed by atoms with Gasteiger partial charge >= 0.3 is 0 Å². The maximum atomic E-state index is 11.8. The van der Waals surface area contributed by atoms with Crippen LogP contribution < -0.4 is 10.6 Å². The number of piperidine rings is 1. The molecule has 2 N–H and O–H groups in total. The van der Waals surface area contributed by atoms with Gasteiger partial charge in [-0.15, -0.1) is 0 Å². The molecular formula is C13H20N2O2S. The summed E-state index contributed by atoms with van der Waals surface area (Å²) in [5.41, 5.74) is 0. The second kappa shape index (κ2) is 6.85. The van der Waals surface area contributed by atoms with E-state index in [1.807, 2.05) is 12.3 Å². The lowest BCUT2D eigenvalue weighted by molar-refractivity contribution is 0.0918. The molecule has 1 aromatic rings. The van der Waals surface area contributed by atoms with E-state index in [2.05, 4.69) is 10.6 Å². The second-order valence-electron chi connectivity index (χ2n) is 4.58. The fraction of sp³-hybridized carbons (Fsp3) is 0.615. The number of carbonyl (C=O) groups is 1. The molecule has 1 aliphatic rings. The van der Waals surface area contributed by atoms with Crippen molar-refractivity contribution in [1.82, 2.24) is 10.6 Å². The minimum absolute atomic E-state index is 0.112. The highest BCUT2D eigenvalue weighted by Crippen LogP contribution is 2.18. The van der Waals surface area contributed by atoms with Crippen molar-refractivity contribution in [3.8, 4) is 0 Å². The number of carbonyl (C=O) groups excluding carboxylic acids is 1. The number of hydrogen-bond acceptors (Lipinski definition) is 4. The molecule has 100 valence electrons. The van der Waals surface area contributed by atoms with E-state index in [4.69, 9.17) is 4.42 Å². The van der Waals surface area contributed by atoms with Crippen molar-refractivity contribution >= 4 is 17.7 Å². The quantitative estimate of drug-likeness (QED) is 0.803. The smallest absolute Gasteiger partial charge is 0.287 e. The summed E-state index contributed by atoms with van der Waals surface area (Å²) in [5.74, 6) is 0.984. The van der Waals surface area contributed by atoms with Gasteiger partial charge in [0.25, 0.3) is 5.91 Å². The van der Waals surface area contributed by atoms with Gasteiger partial charge in [-0.3, -0.25) is 4.79 Å². The minimum atomic E-state index is -0.112. The highest BCUT2D eigenvalue weighted by Gasteiger charge is 2.14. The summed E-state index contributed by atoms with van der Waals surface area (Å²) in [4.78, 5) is 11.8. The summed E-state index contributed by atoms with van der Waals surface area (Å²) in [6.45, 7) is 2.93. The van der Waals surface area contributed by atoms with Crippen LogP contribution >= 0.6 is 11.8 Å². The van der Waals surface area contributed by atoms with Crippen molar-refractivity contribution in [2.45, 2.75) is 24.4 Å². The molecule has 0 saturated carbocycles. The SMILES string of the molecule is CSc1ccc(C(=O)NCCC2CCCNC2)o1. The van der Waals surface area contributed by atoms with Gasteiger partial charge in [-0.1, -0.05) is 11.8 Å². The van der Waals surface area contributed by atoms with Crippen LogP contribution in [0, 0.1) is 5.92 Å². The Balaban J connectivity index is 1.70. The van der Waals surface area contributed by atoms with E-state index < -0.39 is 0 Å². The highest BCUT2D eigenvalue weighted by atomic mass is 32.2. The first-order valence-electron chi connectivity index (χ1n) is 6.42. The first kappa shape index (κ1) is 13.5. The van der Waals surface area contributed by atoms with Gasteiger partial charge in [0, 0.05) is 6.54 Å². The van der Waals surface area contributed by atoms with E-state index in [9.17, 15) is 4.79 Å². The lowest BCUT2D eigenvalue weighted by Crippen LogP contribution is -2.33. The number of nitrogens with one attached hydrogen (secondary N) is 2. The van der Waals surface area contributed by atoms with Gasteiger partial charge < -0.3 is 15.1 Å². The molecule has 5 heteroatoms. The molecule has 1 atom stereocenters. The third-order valence-electron chi connectivity index (χ3n) is 3.24. The van der Waals surface area contributed by atoms with Crippen LogP contribution in [-0.2, 0) is 0 Å². The summed E-state index contributed by atoms with van der Waals surface area (Å²) in [6.07, 6.45) is 5.47. The summed E-state index contributed by atoms with van der Waals surface area (Å²) in [5, 5.41) is 7.07. The van der Waals surface area contributed by atoms with Gasteiger partial charge in [0.1, 0.15) is 0 Å². The first-order valence-corrected chi connectivity index (χ1v) is 7.65. The number of thioether (sulfide) groups is 1. The normalized spacial score (nSPS) is 19.7. The fourth-order valence-electron chi connectivity index (χ4n) is 2.20. The molecule has 1 aliphatic heterocycles. The lowest BCUT2D eigenvalue weighted by atomic mass is 9.96. The topological polar surface area (TPSA) is 54.3 Å². The van der Waals surface area contributed by atoms with Crippen molar-refractivity contribution in [2.24, 2.45) is 5.92 Å². The molecule has 18 heavy (non-hydrogen) atoms. The van der Waals surface area contributed by atoms with Crippen LogP contribution in [-0.4, -0.2) is 31.8 Å². The molecule has 2 heterocycles. The molecule has 0 spiro atoms. The zero-order valence-corrected chi connectivity index (χ0v) is 11.5. The standard InChI is InChI=1S/C13H20N2O2S/c1-18-12-5-4-11(17-12)13(16)15-8-6-10-3-2-7-14-9-10/h4-5,10,14H,2-3,6-9H2,1H3,(H,15,16). The van der Waals surface area contributed by atoms with Crippen LogP contribution in [0.3, 0.4) is 0 Å². The Hall–Kier alpha value is -0.940. The largest absolute Gasteiger partial charge is 0.445 e. The Bertz CT molecular complexity index is 386. The number of furan rings is 1. The maximum absolute atomic E-state index is 11.8. The molecule has 4 nitrogen and oxygen atoms in total. The van der Waals surface area contributed by atoms with Gasteiger partial charge in [0.2, 0.25) is 0 Å². The predicted molar refractivity (Wildman–Crippen MR) is 73.0 cm³/mol. The minimum Gasteiger partial charge on any atom is -0.445 e. The van der Waals surface area contributed by atoms with Gasteiger partial charge in [-0.05, 0) is 56.7 Å². The van der Waals surface area contributed by atoms with Gasteiger partial charge in [-0.2, -0.15) is 0 Å². The molecule has 1 amide bonds. The molecule has 1 unspecified atom stereocenters. The van der Waals surface area contributed by atoms with Gasteiger partial charge in [-0.25, -0.2) is 0 Å². The van der Waals surface area contributed by atoms with Crippen molar-refractivity contribution in [2.75, 3.05) is 25.9 Å². The Labute approximate surface area is 112 Å². The van der Waals surface area contributed by atoms with E-state index in [-0.39, 0.29) is 5.91 Å². The fourth-order valence-corrected chi connectivity index (χ4v) is 2.58. The second-order valence-corrected chi connectivity index (χ2v) is 5.39. The average Bonchev–Trinajstić information content (AvgIpc) is 2.89. The number of amides is 1. The highest BCUT2D eigenvalue weighted by molar-refractivity contribution is 7.98. The van der Waals surface area contributed by atoms with Crippen molar-refractivity contribution in [3.63, 3.8) is 0 Å². The maximum Gasteiger partial charge on any atom is 0.287 e. The molecule has 0 bridgehead atoms. The molecule has 0 aliphatic carbocycles. The van der Waals surface area contributed by atoms with Gasteiger partial charge in [0.15, 0.2) is 10.9 Å². The van der Waals surface area contributed by atoms with Crippen molar-refractivity contribution < 1.29 is 9.21 Å². The summed E-state index contributed by atoms with van der Waals surface area (Å²) in [6, 6.07) is 3.55. The van der Waals surface area contributed by atoms with E-state index in [0.717, 1.165) is 31.1 Å². The van der Waals surface area contributed by atoms with E-state index >= 15 is 0 Å². The molecule has 1 fully saturated rings. The zero-order valence-electron chi connectivity index (χ0n) is 10.7. The number of hydrogen-bond donors (Lipinski definition) is 2.